The molecule has 1 fully saturated rings. The molecule has 1 aromatic carbocycles. The van der Waals surface area contributed by atoms with Crippen LogP contribution in [0.4, 0.5) is 5.69 Å². The summed E-state index contributed by atoms with van der Waals surface area (Å²) in [7, 11) is 0. The molecule has 0 saturated carbocycles. The van der Waals surface area contributed by atoms with Crippen molar-refractivity contribution in [2.75, 3.05) is 19.6 Å². The maximum absolute atomic E-state index is 12.7. The molecule has 6 nitrogen and oxygen atoms in total. The number of aryl methyl sites for hydroxylation is 1. The molecule has 6 heteroatoms. The third-order valence-corrected chi connectivity index (χ3v) is 3.74. The van der Waals surface area contributed by atoms with E-state index in [1.807, 2.05) is 6.92 Å². The maximum atomic E-state index is 12.7. The molecule has 0 aliphatic carbocycles. The van der Waals surface area contributed by atoms with E-state index >= 15 is 0 Å². The van der Waals surface area contributed by atoms with Crippen LogP contribution >= 0.6 is 0 Å². The summed E-state index contributed by atoms with van der Waals surface area (Å²) in [5.41, 5.74) is 0.749. The standard InChI is InChI=1S/C14H19N3O3/c1-3-16(11-7-8-15-9-11)14(18)13-10(2)5-4-6-12(13)17(19)20/h4-6,11,15H,3,7-9H2,1-2H3. The number of nitro groups is 1. The van der Waals surface area contributed by atoms with Crippen LogP contribution in [0.2, 0.25) is 0 Å². The van der Waals surface area contributed by atoms with Gasteiger partial charge in [-0.1, -0.05) is 12.1 Å². The molecular formula is C14H19N3O3. The first-order chi connectivity index (χ1) is 9.56. The molecule has 1 aromatic rings. The van der Waals surface area contributed by atoms with Crippen LogP contribution in [0, 0.1) is 17.0 Å². The first kappa shape index (κ1) is 14.5. The molecule has 0 aromatic heterocycles. The molecule has 1 aliphatic heterocycles. The fourth-order valence-corrected chi connectivity index (χ4v) is 2.70. The number of nitrogens with one attached hydrogen (secondary N) is 1. The fourth-order valence-electron chi connectivity index (χ4n) is 2.70. The number of hydrogen-bond acceptors (Lipinski definition) is 4. The molecule has 0 bridgehead atoms. The van der Waals surface area contributed by atoms with Gasteiger partial charge >= 0.3 is 0 Å². The van der Waals surface area contributed by atoms with Crippen molar-refractivity contribution in [3.05, 3.63) is 39.4 Å². The summed E-state index contributed by atoms with van der Waals surface area (Å²) < 4.78 is 0. The van der Waals surface area contributed by atoms with Gasteiger partial charge in [-0.3, -0.25) is 14.9 Å². The van der Waals surface area contributed by atoms with Crippen molar-refractivity contribution in [1.29, 1.82) is 0 Å². The van der Waals surface area contributed by atoms with Crippen LogP contribution in [0.5, 0.6) is 0 Å². The van der Waals surface area contributed by atoms with E-state index in [0.717, 1.165) is 19.5 Å². The van der Waals surface area contributed by atoms with Crippen LogP contribution in [-0.4, -0.2) is 41.4 Å². The van der Waals surface area contributed by atoms with Gasteiger partial charge in [0.1, 0.15) is 5.56 Å². The van der Waals surface area contributed by atoms with Gasteiger partial charge in [0.25, 0.3) is 11.6 Å². The Hall–Kier alpha value is -1.95. The molecular weight excluding hydrogens is 258 g/mol. The Labute approximate surface area is 117 Å². The van der Waals surface area contributed by atoms with E-state index in [9.17, 15) is 14.9 Å². The number of carbonyl (C=O) groups is 1. The molecule has 1 atom stereocenters. The van der Waals surface area contributed by atoms with Crippen molar-refractivity contribution >= 4 is 11.6 Å². The largest absolute Gasteiger partial charge is 0.334 e. The van der Waals surface area contributed by atoms with Gasteiger partial charge in [-0.25, -0.2) is 0 Å². The van der Waals surface area contributed by atoms with E-state index < -0.39 is 4.92 Å². The Morgan fingerprint density at radius 1 is 1.55 bits per heavy atom. The van der Waals surface area contributed by atoms with Crippen LogP contribution in [-0.2, 0) is 0 Å². The van der Waals surface area contributed by atoms with Gasteiger partial charge in [0.05, 0.1) is 4.92 Å². The van der Waals surface area contributed by atoms with E-state index in [-0.39, 0.29) is 23.2 Å². The summed E-state index contributed by atoms with van der Waals surface area (Å²) in [5.74, 6) is -0.244. The minimum atomic E-state index is -0.485. The number of nitrogens with zero attached hydrogens (tertiary/aromatic N) is 2. The van der Waals surface area contributed by atoms with Gasteiger partial charge in [-0.2, -0.15) is 0 Å². The zero-order valence-electron chi connectivity index (χ0n) is 11.8. The summed E-state index contributed by atoms with van der Waals surface area (Å²) in [6.45, 7) is 5.82. The minimum absolute atomic E-state index is 0.112. The second kappa shape index (κ2) is 6.00. The molecule has 0 spiro atoms. The van der Waals surface area contributed by atoms with E-state index in [2.05, 4.69) is 5.32 Å². The third-order valence-electron chi connectivity index (χ3n) is 3.74. The molecule has 0 radical (unpaired) electrons. The van der Waals surface area contributed by atoms with Gasteiger partial charge in [0, 0.05) is 25.2 Å². The molecule has 1 amide bonds. The lowest BCUT2D eigenvalue weighted by molar-refractivity contribution is -0.385. The predicted octanol–water partition coefficient (Wildman–Crippen LogP) is 1.73. The zero-order chi connectivity index (χ0) is 14.7. The van der Waals surface area contributed by atoms with Crippen LogP contribution in [0.25, 0.3) is 0 Å². The number of likely N-dealkylation sites (N-methyl/N-ethyl adjacent to an activating group) is 1. The molecule has 1 heterocycles. The highest BCUT2D eigenvalue weighted by Gasteiger charge is 2.31. The zero-order valence-corrected chi connectivity index (χ0v) is 11.8. The van der Waals surface area contributed by atoms with E-state index in [0.29, 0.717) is 12.1 Å². The number of hydrogen-bond donors (Lipinski definition) is 1. The van der Waals surface area contributed by atoms with Crippen LogP contribution in [0.1, 0.15) is 29.3 Å². The van der Waals surface area contributed by atoms with Crippen molar-refractivity contribution in [2.24, 2.45) is 0 Å². The lowest BCUT2D eigenvalue weighted by atomic mass is 10.0. The second-order valence-electron chi connectivity index (χ2n) is 4.96. The average Bonchev–Trinajstić information content (AvgIpc) is 2.92. The minimum Gasteiger partial charge on any atom is -0.334 e. The first-order valence-electron chi connectivity index (χ1n) is 6.82. The molecule has 1 N–H and O–H groups in total. The highest BCUT2D eigenvalue weighted by molar-refractivity contribution is 5.99. The van der Waals surface area contributed by atoms with Gasteiger partial charge in [0.2, 0.25) is 0 Å². The summed E-state index contributed by atoms with van der Waals surface area (Å²) in [4.78, 5) is 25.1. The topological polar surface area (TPSA) is 75.5 Å². The van der Waals surface area contributed by atoms with E-state index in [1.165, 1.54) is 6.07 Å². The first-order valence-corrected chi connectivity index (χ1v) is 6.82. The lowest BCUT2D eigenvalue weighted by Crippen LogP contribution is -2.41. The molecule has 1 saturated heterocycles. The van der Waals surface area contributed by atoms with Gasteiger partial charge in [-0.05, 0) is 32.4 Å². The lowest BCUT2D eigenvalue weighted by Gasteiger charge is -2.27. The van der Waals surface area contributed by atoms with Crippen LogP contribution in [0.15, 0.2) is 18.2 Å². The van der Waals surface area contributed by atoms with Crippen molar-refractivity contribution in [2.45, 2.75) is 26.3 Å². The number of nitro benzene ring substituents is 1. The number of carbonyl (C=O) groups excluding carboxylic acids is 1. The number of amides is 1. The van der Waals surface area contributed by atoms with Gasteiger partial charge in [-0.15, -0.1) is 0 Å². The molecule has 20 heavy (non-hydrogen) atoms. The summed E-state index contributed by atoms with van der Waals surface area (Å²) in [6, 6.07) is 4.85. The SMILES string of the molecule is CCN(C(=O)c1c(C)cccc1[N+](=O)[O-])C1CCNC1. The Kier molecular flexibility index (Phi) is 4.34. The van der Waals surface area contributed by atoms with Gasteiger partial charge < -0.3 is 10.2 Å². The predicted molar refractivity (Wildman–Crippen MR) is 75.8 cm³/mol. The van der Waals surface area contributed by atoms with Crippen LogP contribution < -0.4 is 5.32 Å². The quantitative estimate of drug-likeness (QED) is 0.671. The normalized spacial score (nSPS) is 18.0. The van der Waals surface area contributed by atoms with Gasteiger partial charge in [0.15, 0.2) is 0 Å². The highest BCUT2D eigenvalue weighted by Crippen LogP contribution is 2.25. The summed E-state index contributed by atoms with van der Waals surface area (Å²) in [6.07, 6.45) is 0.888. The van der Waals surface area contributed by atoms with E-state index in [4.69, 9.17) is 0 Å². The number of benzene rings is 1. The average molecular weight is 277 g/mol. The smallest absolute Gasteiger partial charge is 0.282 e. The maximum Gasteiger partial charge on any atom is 0.282 e. The highest BCUT2D eigenvalue weighted by atomic mass is 16.6. The van der Waals surface area contributed by atoms with Crippen molar-refractivity contribution in [3.8, 4) is 0 Å². The number of rotatable bonds is 4. The Morgan fingerprint density at radius 2 is 2.30 bits per heavy atom. The second-order valence-corrected chi connectivity index (χ2v) is 4.96. The Bertz CT molecular complexity index is 524. The summed E-state index contributed by atoms with van der Waals surface area (Å²) >= 11 is 0. The Morgan fingerprint density at radius 3 is 2.85 bits per heavy atom. The Balaban J connectivity index is 2.38. The molecule has 1 aliphatic rings. The molecule has 2 rings (SSSR count). The van der Waals surface area contributed by atoms with Crippen molar-refractivity contribution < 1.29 is 9.72 Å². The molecule has 108 valence electrons. The fraction of sp³-hybridized carbons (Fsp3) is 0.500. The van der Waals surface area contributed by atoms with E-state index in [1.54, 1.807) is 24.0 Å². The molecule has 1 unspecified atom stereocenters. The van der Waals surface area contributed by atoms with Crippen molar-refractivity contribution in [1.82, 2.24) is 10.2 Å². The monoisotopic (exact) mass is 277 g/mol. The van der Waals surface area contributed by atoms with Crippen LogP contribution in [0.3, 0.4) is 0 Å². The van der Waals surface area contributed by atoms with Crippen molar-refractivity contribution in [3.63, 3.8) is 0 Å². The third kappa shape index (κ3) is 2.65. The summed E-state index contributed by atoms with van der Waals surface area (Å²) in [5, 5.41) is 14.4.